The van der Waals surface area contributed by atoms with E-state index >= 15 is 0 Å². The van der Waals surface area contributed by atoms with Crippen molar-refractivity contribution in [3.05, 3.63) is 79.9 Å². The van der Waals surface area contributed by atoms with Crippen LogP contribution in [0.4, 0.5) is 0 Å². The highest BCUT2D eigenvalue weighted by Crippen LogP contribution is 2.40. The number of hydrogen-bond donors (Lipinski definition) is 1. The Kier molecular flexibility index (Phi) is 8.61. The standard InChI is InChI=1S/C24H21Cl2NO5S/c1-3-20(28)27-23-21(24(30)31-4-2)22(29)19(33-23)12-14-9-10-18(17(26)11-14)32-13-15-7-5-6-8-16(15)25/h5-12,29H,3-4,13H2,1-2H3/b19-12-,27-23?. The Hall–Kier alpha value is -2.74. The zero-order valence-corrected chi connectivity index (χ0v) is 20.3. The molecule has 0 saturated heterocycles. The van der Waals surface area contributed by atoms with Crippen molar-refractivity contribution in [2.75, 3.05) is 6.61 Å². The first kappa shape index (κ1) is 24.9. The number of rotatable bonds is 7. The van der Waals surface area contributed by atoms with Gasteiger partial charge in [0.25, 0.3) is 0 Å². The van der Waals surface area contributed by atoms with Crippen molar-refractivity contribution in [1.82, 2.24) is 0 Å². The molecule has 9 heteroatoms. The lowest BCUT2D eigenvalue weighted by atomic mass is 10.1. The van der Waals surface area contributed by atoms with Crippen LogP contribution in [-0.2, 0) is 20.9 Å². The number of nitrogens with zero attached hydrogens (tertiary/aromatic N) is 1. The van der Waals surface area contributed by atoms with E-state index in [0.29, 0.717) is 26.3 Å². The average molecular weight is 506 g/mol. The molecule has 0 aliphatic carbocycles. The molecule has 1 amide bonds. The zero-order valence-electron chi connectivity index (χ0n) is 17.9. The Balaban J connectivity index is 1.85. The normalized spacial score (nSPS) is 15.9. The van der Waals surface area contributed by atoms with Crippen LogP contribution in [0.25, 0.3) is 6.08 Å². The molecule has 0 fully saturated rings. The molecule has 0 atom stereocenters. The molecule has 33 heavy (non-hydrogen) atoms. The molecule has 0 bridgehead atoms. The molecule has 0 unspecified atom stereocenters. The van der Waals surface area contributed by atoms with Gasteiger partial charge >= 0.3 is 5.97 Å². The molecule has 0 saturated carbocycles. The Morgan fingerprint density at radius 1 is 1.12 bits per heavy atom. The van der Waals surface area contributed by atoms with Crippen molar-refractivity contribution in [3.63, 3.8) is 0 Å². The van der Waals surface area contributed by atoms with Gasteiger partial charge in [-0.25, -0.2) is 9.79 Å². The van der Waals surface area contributed by atoms with Crippen molar-refractivity contribution < 1.29 is 24.2 Å². The molecule has 1 aliphatic rings. The third kappa shape index (κ3) is 6.19. The number of esters is 1. The number of benzene rings is 2. The van der Waals surface area contributed by atoms with Gasteiger partial charge < -0.3 is 14.6 Å². The SMILES string of the molecule is CCOC(=O)C1=C(O)/C(=C/c2ccc(OCc3ccccc3Cl)c(Cl)c2)SC1=NC(=O)CC. The molecular formula is C24H21Cl2NO5S. The summed E-state index contributed by atoms with van der Waals surface area (Å²) in [6.45, 7) is 3.69. The maximum Gasteiger partial charge on any atom is 0.344 e. The maximum atomic E-state index is 12.3. The minimum absolute atomic E-state index is 0.106. The lowest BCUT2D eigenvalue weighted by molar-refractivity contribution is -0.138. The summed E-state index contributed by atoms with van der Waals surface area (Å²) in [5.41, 5.74) is 1.37. The fourth-order valence-electron chi connectivity index (χ4n) is 2.83. The number of aliphatic hydroxyl groups is 1. The van der Waals surface area contributed by atoms with Crippen LogP contribution >= 0.6 is 35.0 Å². The van der Waals surface area contributed by atoms with Gasteiger partial charge in [0.05, 0.1) is 16.5 Å². The molecule has 1 N–H and O–H groups in total. The number of carbonyl (C=O) groups excluding carboxylic acids is 2. The van der Waals surface area contributed by atoms with Crippen molar-refractivity contribution >= 4 is 58.0 Å². The van der Waals surface area contributed by atoms with E-state index in [-0.39, 0.29) is 36.0 Å². The molecule has 0 spiro atoms. The van der Waals surface area contributed by atoms with Crippen LogP contribution in [0, 0.1) is 0 Å². The van der Waals surface area contributed by atoms with E-state index < -0.39 is 11.9 Å². The topological polar surface area (TPSA) is 85.2 Å². The number of thioether (sulfide) groups is 1. The van der Waals surface area contributed by atoms with Gasteiger partial charge in [-0.15, -0.1) is 0 Å². The molecule has 2 aromatic rings. The third-order valence-electron chi connectivity index (χ3n) is 4.49. The van der Waals surface area contributed by atoms with E-state index in [4.69, 9.17) is 32.7 Å². The fraction of sp³-hybridized carbons (Fsp3) is 0.208. The number of amides is 1. The van der Waals surface area contributed by atoms with Gasteiger partial charge in [-0.1, -0.05) is 66.2 Å². The molecule has 172 valence electrons. The first-order valence-electron chi connectivity index (χ1n) is 10.1. The summed E-state index contributed by atoms with van der Waals surface area (Å²) < 4.78 is 10.8. The lowest BCUT2D eigenvalue weighted by Gasteiger charge is -2.10. The Bertz CT molecular complexity index is 1170. The number of hydrogen-bond acceptors (Lipinski definition) is 6. The van der Waals surface area contributed by atoms with E-state index in [1.54, 1.807) is 44.2 Å². The van der Waals surface area contributed by atoms with Gasteiger partial charge in [-0.3, -0.25) is 4.79 Å². The van der Waals surface area contributed by atoms with Crippen molar-refractivity contribution in [2.45, 2.75) is 26.9 Å². The first-order chi connectivity index (χ1) is 15.8. The fourth-order valence-corrected chi connectivity index (χ4v) is 4.30. The Labute approximate surface area is 205 Å². The Morgan fingerprint density at radius 3 is 2.55 bits per heavy atom. The molecule has 3 rings (SSSR count). The van der Waals surface area contributed by atoms with Crippen molar-refractivity contribution in [3.8, 4) is 5.75 Å². The van der Waals surface area contributed by atoms with Crippen LogP contribution in [0.15, 0.2) is 63.7 Å². The summed E-state index contributed by atoms with van der Waals surface area (Å²) in [6.07, 6.45) is 1.81. The van der Waals surface area contributed by atoms with Crippen LogP contribution < -0.4 is 4.74 Å². The van der Waals surface area contributed by atoms with Gasteiger partial charge in [-0.05, 0) is 36.8 Å². The van der Waals surface area contributed by atoms with Gasteiger partial charge in [0.2, 0.25) is 5.91 Å². The minimum Gasteiger partial charge on any atom is -0.506 e. The lowest BCUT2D eigenvalue weighted by Crippen LogP contribution is -2.14. The molecule has 0 aromatic heterocycles. The average Bonchev–Trinajstić information content (AvgIpc) is 3.08. The van der Waals surface area contributed by atoms with Gasteiger partial charge in [0, 0.05) is 17.0 Å². The molecule has 6 nitrogen and oxygen atoms in total. The summed E-state index contributed by atoms with van der Waals surface area (Å²) in [6, 6.07) is 12.5. The van der Waals surface area contributed by atoms with Gasteiger partial charge in [0.15, 0.2) is 0 Å². The predicted molar refractivity (Wildman–Crippen MR) is 132 cm³/mol. The van der Waals surface area contributed by atoms with E-state index in [1.807, 2.05) is 18.2 Å². The largest absolute Gasteiger partial charge is 0.506 e. The second-order valence-electron chi connectivity index (χ2n) is 6.79. The second kappa shape index (κ2) is 11.4. The summed E-state index contributed by atoms with van der Waals surface area (Å²) >= 11 is 13.6. The summed E-state index contributed by atoms with van der Waals surface area (Å²) in [4.78, 5) is 28.4. The van der Waals surface area contributed by atoms with E-state index in [1.165, 1.54) is 0 Å². The number of aliphatic imine (C=N–C) groups is 1. The molecule has 1 aliphatic heterocycles. The van der Waals surface area contributed by atoms with Crippen molar-refractivity contribution in [1.29, 1.82) is 0 Å². The molecular weight excluding hydrogens is 485 g/mol. The highest BCUT2D eigenvalue weighted by Gasteiger charge is 2.33. The molecule has 0 radical (unpaired) electrons. The van der Waals surface area contributed by atoms with E-state index in [2.05, 4.69) is 4.99 Å². The minimum atomic E-state index is -0.741. The van der Waals surface area contributed by atoms with Gasteiger partial charge in [0.1, 0.15) is 28.7 Å². The summed E-state index contributed by atoms with van der Waals surface area (Å²) in [7, 11) is 0. The third-order valence-corrected chi connectivity index (χ3v) is 6.18. The molecule has 2 aromatic carbocycles. The summed E-state index contributed by atoms with van der Waals surface area (Å²) in [5.74, 6) is -0.969. The van der Waals surface area contributed by atoms with E-state index in [9.17, 15) is 14.7 Å². The number of aliphatic hydroxyl groups excluding tert-OH is 1. The quantitative estimate of drug-likeness (QED) is 0.440. The van der Waals surface area contributed by atoms with E-state index in [0.717, 1.165) is 17.3 Å². The maximum absolute atomic E-state index is 12.3. The summed E-state index contributed by atoms with van der Waals surface area (Å²) in [5, 5.41) is 11.7. The van der Waals surface area contributed by atoms with Crippen LogP contribution in [-0.4, -0.2) is 28.6 Å². The number of halogens is 2. The smallest absolute Gasteiger partial charge is 0.344 e. The van der Waals surface area contributed by atoms with Crippen LogP contribution in [0.1, 0.15) is 31.4 Å². The van der Waals surface area contributed by atoms with Crippen LogP contribution in [0.5, 0.6) is 5.75 Å². The molecule has 1 heterocycles. The first-order valence-corrected chi connectivity index (χ1v) is 11.7. The zero-order chi connectivity index (χ0) is 24.0. The van der Waals surface area contributed by atoms with Gasteiger partial charge in [-0.2, -0.15) is 0 Å². The number of ether oxygens (including phenoxy) is 2. The Morgan fingerprint density at radius 2 is 1.88 bits per heavy atom. The van der Waals surface area contributed by atoms with Crippen LogP contribution in [0.3, 0.4) is 0 Å². The predicted octanol–water partition coefficient (Wildman–Crippen LogP) is 6.37. The van der Waals surface area contributed by atoms with Crippen molar-refractivity contribution in [2.24, 2.45) is 4.99 Å². The number of carbonyl (C=O) groups is 2. The highest BCUT2D eigenvalue weighted by molar-refractivity contribution is 8.18. The second-order valence-corrected chi connectivity index (χ2v) is 8.63. The highest BCUT2D eigenvalue weighted by atomic mass is 35.5. The van der Waals surface area contributed by atoms with Crippen LogP contribution in [0.2, 0.25) is 10.0 Å². The monoisotopic (exact) mass is 505 g/mol.